The molecule has 1 aromatic heterocycles. The fourth-order valence-corrected chi connectivity index (χ4v) is 4.10. The predicted molar refractivity (Wildman–Crippen MR) is 96.9 cm³/mol. The van der Waals surface area contributed by atoms with E-state index in [2.05, 4.69) is 17.2 Å². The Balaban J connectivity index is 1.70. The van der Waals surface area contributed by atoms with E-state index in [0.717, 1.165) is 42.3 Å². The van der Waals surface area contributed by atoms with E-state index in [9.17, 15) is 4.79 Å². The Kier molecular flexibility index (Phi) is 4.96. The lowest BCUT2D eigenvalue weighted by Gasteiger charge is -2.35. The zero-order chi connectivity index (χ0) is 18.0. The number of carbonyl (C=O) groups excluding carboxylic acids is 1. The molecule has 2 fully saturated rings. The van der Waals surface area contributed by atoms with Gasteiger partial charge in [0.15, 0.2) is 6.23 Å². The van der Waals surface area contributed by atoms with Crippen molar-refractivity contribution in [2.75, 3.05) is 26.4 Å². The second kappa shape index (κ2) is 7.37. The maximum atomic E-state index is 12.8. The molecule has 0 bridgehead atoms. The Morgan fingerprint density at radius 1 is 1.31 bits per heavy atom. The van der Waals surface area contributed by atoms with Crippen molar-refractivity contribution in [1.29, 1.82) is 0 Å². The molecule has 6 nitrogen and oxygen atoms in total. The van der Waals surface area contributed by atoms with Gasteiger partial charge < -0.3 is 14.2 Å². The van der Waals surface area contributed by atoms with Crippen LogP contribution in [0.5, 0.6) is 0 Å². The second-order valence-electron chi connectivity index (χ2n) is 7.10. The minimum absolute atomic E-state index is 0.00852. The fraction of sp³-hybridized carbons (Fsp3) is 0.600. The van der Waals surface area contributed by atoms with Crippen LogP contribution in [0.4, 0.5) is 0 Å². The Labute approximate surface area is 153 Å². The standard InChI is InChI=1S/C20H26N2O4/c1-2-25-19(23)20(8-11-24-12-9-20)16-6-7-17-15(13-16)14-21-22(17)18-5-3-4-10-26-18/h6-7,13-14,18H,2-5,8-12H2,1H3. The van der Waals surface area contributed by atoms with Crippen molar-refractivity contribution in [3.63, 3.8) is 0 Å². The summed E-state index contributed by atoms with van der Waals surface area (Å²) in [7, 11) is 0. The Morgan fingerprint density at radius 2 is 2.15 bits per heavy atom. The van der Waals surface area contributed by atoms with Gasteiger partial charge in [0, 0.05) is 25.2 Å². The molecule has 4 rings (SSSR count). The summed E-state index contributed by atoms with van der Waals surface area (Å²) in [6.07, 6.45) is 6.45. The van der Waals surface area contributed by atoms with Crippen molar-refractivity contribution < 1.29 is 19.0 Å². The summed E-state index contributed by atoms with van der Waals surface area (Å²) in [4.78, 5) is 12.8. The van der Waals surface area contributed by atoms with Crippen molar-refractivity contribution in [2.45, 2.75) is 50.7 Å². The van der Waals surface area contributed by atoms with E-state index in [0.29, 0.717) is 32.7 Å². The average molecular weight is 358 g/mol. The van der Waals surface area contributed by atoms with Gasteiger partial charge in [0.25, 0.3) is 0 Å². The van der Waals surface area contributed by atoms with Gasteiger partial charge in [0.2, 0.25) is 0 Å². The number of aromatic nitrogens is 2. The van der Waals surface area contributed by atoms with E-state index >= 15 is 0 Å². The molecule has 0 aliphatic carbocycles. The molecule has 1 unspecified atom stereocenters. The quantitative estimate of drug-likeness (QED) is 0.785. The molecule has 140 valence electrons. The molecular weight excluding hydrogens is 332 g/mol. The third kappa shape index (κ3) is 3.01. The van der Waals surface area contributed by atoms with Crippen LogP contribution in [0.2, 0.25) is 0 Å². The van der Waals surface area contributed by atoms with Crippen molar-refractivity contribution >= 4 is 16.9 Å². The number of rotatable bonds is 4. The van der Waals surface area contributed by atoms with Crippen LogP contribution in [-0.2, 0) is 24.4 Å². The highest BCUT2D eigenvalue weighted by molar-refractivity contribution is 5.87. The first kappa shape index (κ1) is 17.5. The summed E-state index contributed by atoms with van der Waals surface area (Å²) in [6.45, 7) is 4.18. The molecule has 1 atom stereocenters. The molecule has 6 heteroatoms. The lowest BCUT2D eigenvalue weighted by atomic mass is 9.74. The lowest BCUT2D eigenvalue weighted by molar-refractivity contribution is -0.154. The number of carbonyl (C=O) groups is 1. The third-order valence-corrected chi connectivity index (χ3v) is 5.59. The number of hydrogen-bond acceptors (Lipinski definition) is 5. The summed E-state index contributed by atoms with van der Waals surface area (Å²) >= 11 is 0. The fourth-order valence-electron chi connectivity index (χ4n) is 4.10. The molecular formula is C20H26N2O4. The van der Waals surface area contributed by atoms with Crippen molar-refractivity contribution in [3.05, 3.63) is 30.0 Å². The van der Waals surface area contributed by atoms with Crippen LogP contribution >= 0.6 is 0 Å². The van der Waals surface area contributed by atoms with E-state index < -0.39 is 5.41 Å². The Morgan fingerprint density at radius 3 is 2.88 bits per heavy atom. The first-order chi connectivity index (χ1) is 12.7. The van der Waals surface area contributed by atoms with Gasteiger partial charge in [-0.3, -0.25) is 4.79 Å². The summed E-state index contributed by atoms with van der Waals surface area (Å²) in [5, 5.41) is 5.59. The predicted octanol–water partition coefficient (Wildman–Crippen LogP) is 3.35. The summed E-state index contributed by atoms with van der Waals surface area (Å²) in [5.41, 5.74) is 1.42. The van der Waals surface area contributed by atoms with Crippen LogP contribution < -0.4 is 0 Å². The number of esters is 1. The highest BCUT2D eigenvalue weighted by Gasteiger charge is 2.43. The van der Waals surface area contributed by atoms with Crippen molar-refractivity contribution in [1.82, 2.24) is 9.78 Å². The molecule has 0 N–H and O–H groups in total. The third-order valence-electron chi connectivity index (χ3n) is 5.59. The molecule has 0 amide bonds. The van der Waals surface area contributed by atoms with Crippen LogP contribution in [-0.4, -0.2) is 42.2 Å². The topological polar surface area (TPSA) is 62.6 Å². The molecule has 0 saturated carbocycles. The van der Waals surface area contributed by atoms with Gasteiger partial charge in [-0.25, -0.2) is 4.68 Å². The van der Waals surface area contributed by atoms with Crippen LogP contribution in [0.3, 0.4) is 0 Å². The van der Waals surface area contributed by atoms with E-state index in [-0.39, 0.29) is 12.2 Å². The van der Waals surface area contributed by atoms with Crippen LogP contribution in [0, 0.1) is 0 Å². The number of nitrogens with zero attached hydrogens (tertiary/aromatic N) is 2. The molecule has 1 aromatic carbocycles. The van der Waals surface area contributed by atoms with E-state index in [1.54, 1.807) is 0 Å². The number of fused-ring (bicyclic) bond motifs is 1. The van der Waals surface area contributed by atoms with Crippen LogP contribution in [0.25, 0.3) is 10.9 Å². The molecule has 26 heavy (non-hydrogen) atoms. The molecule has 0 spiro atoms. The summed E-state index contributed by atoms with van der Waals surface area (Å²) in [6, 6.07) is 6.20. The average Bonchev–Trinajstić information content (AvgIpc) is 3.12. The zero-order valence-electron chi connectivity index (χ0n) is 15.3. The van der Waals surface area contributed by atoms with E-state index in [1.165, 1.54) is 0 Å². The van der Waals surface area contributed by atoms with Crippen molar-refractivity contribution in [2.24, 2.45) is 0 Å². The highest BCUT2D eigenvalue weighted by Crippen LogP contribution is 2.38. The van der Waals surface area contributed by atoms with Gasteiger partial charge in [0.05, 0.1) is 23.7 Å². The largest absolute Gasteiger partial charge is 0.465 e. The normalized spacial score (nSPS) is 23.0. The summed E-state index contributed by atoms with van der Waals surface area (Å²) in [5.74, 6) is -0.148. The molecule has 3 heterocycles. The van der Waals surface area contributed by atoms with E-state index in [4.69, 9.17) is 14.2 Å². The number of hydrogen-bond donors (Lipinski definition) is 0. The van der Waals surface area contributed by atoms with Gasteiger partial charge in [0.1, 0.15) is 0 Å². The molecule has 0 radical (unpaired) electrons. The molecule has 2 aliphatic heterocycles. The van der Waals surface area contributed by atoms with Gasteiger partial charge in [-0.05, 0) is 56.7 Å². The van der Waals surface area contributed by atoms with Crippen molar-refractivity contribution in [3.8, 4) is 0 Å². The molecule has 2 aliphatic rings. The SMILES string of the molecule is CCOC(=O)C1(c2ccc3c(cnn3C3CCCCO3)c2)CCOCC1. The first-order valence-electron chi connectivity index (χ1n) is 9.59. The van der Waals surface area contributed by atoms with Gasteiger partial charge in [-0.1, -0.05) is 6.07 Å². The van der Waals surface area contributed by atoms with Gasteiger partial charge in [-0.2, -0.15) is 5.10 Å². The van der Waals surface area contributed by atoms with Gasteiger partial charge >= 0.3 is 5.97 Å². The monoisotopic (exact) mass is 358 g/mol. The smallest absolute Gasteiger partial charge is 0.316 e. The maximum Gasteiger partial charge on any atom is 0.316 e. The Hall–Kier alpha value is -1.92. The number of ether oxygens (including phenoxy) is 3. The van der Waals surface area contributed by atoms with Crippen LogP contribution in [0.1, 0.15) is 50.8 Å². The molecule has 2 saturated heterocycles. The molecule has 2 aromatic rings. The number of benzene rings is 1. The van der Waals surface area contributed by atoms with E-state index in [1.807, 2.05) is 23.9 Å². The van der Waals surface area contributed by atoms with Crippen LogP contribution in [0.15, 0.2) is 24.4 Å². The minimum Gasteiger partial charge on any atom is -0.465 e. The lowest BCUT2D eigenvalue weighted by Crippen LogP contribution is -2.42. The first-order valence-corrected chi connectivity index (χ1v) is 9.59. The zero-order valence-corrected chi connectivity index (χ0v) is 15.3. The Bertz CT molecular complexity index is 773. The maximum absolute atomic E-state index is 12.8. The van der Waals surface area contributed by atoms with Gasteiger partial charge in [-0.15, -0.1) is 0 Å². The summed E-state index contributed by atoms with van der Waals surface area (Å²) < 4.78 is 18.8. The highest BCUT2D eigenvalue weighted by atomic mass is 16.5. The minimum atomic E-state index is -0.619. The second-order valence-corrected chi connectivity index (χ2v) is 7.10.